The minimum Gasteiger partial charge on any atom is -0.294 e. The van der Waals surface area contributed by atoms with Gasteiger partial charge in [-0.2, -0.15) is 0 Å². The Hall–Kier alpha value is -1.74. The van der Waals surface area contributed by atoms with Crippen molar-refractivity contribution in [3.63, 3.8) is 0 Å². The molecule has 0 bridgehead atoms. The maximum atomic E-state index is 13.5. The normalized spacial score (nSPS) is 10.2. The van der Waals surface area contributed by atoms with E-state index in [1.165, 1.54) is 24.5 Å². The number of rotatable bonds is 3. The van der Waals surface area contributed by atoms with Gasteiger partial charge in [-0.05, 0) is 29.8 Å². The van der Waals surface area contributed by atoms with Crippen LogP contribution in [-0.4, -0.2) is 10.8 Å². The second kappa shape index (κ2) is 5.06. The standard InChI is InChI=1S/C13H9ClFNO/c14-11-2-1-10(12(15)8-11)7-13(17)9-3-5-16-6-4-9/h1-6,8H,7H2. The maximum absolute atomic E-state index is 13.5. The van der Waals surface area contributed by atoms with Crippen LogP contribution >= 0.6 is 11.6 Å². The van der Waals surface area contributed by atoms with Gasteiger partial charge in [0.1, 0.15) is 5.82 Å². The molecule has 1 aromatic heterocycles. The Morgan fingerprint density at radius 1 is 1.24 bits per heavy atom. The van der Waals surface area contributed by atoms with E-state index in [9.17, 15) is 9.18 Å². The third-order valence-corrected chi connectivity index (χ3v) is 2.60. The Morgan fingerprint density at radius 2 is 1.94 bits per heavy atom. The summed E-state index contributed by atoms with van der Waals surface area (Å²) in [5.74, 6) is -0.603. The minimum atomic E-state index is -0.458. The van der Waals surface area contributed by atoms with Crippen molar-refractivity contribution in [3.8, 4) is 0 Å². The van der Waals surface area contributed by atoms with Gasteiger partial charge in [0.2, 0.25) is 0 Å². The zero-order valence-corrected chi connectivity index (χ0v) is 9.62. The lowest BCUT2D eigenvalue weighted by Crippen LogP contribution is -2.05. The molecule has 0 saturated carbocycles. The van der Waals surface area contributed by atoms with E-state index in [-0.39, 0.29) is 12.2 Å². The first-order valence-corrected chi connectivity index (χ1v) is 5.42. The highest BCUT2D eigenvalue weighted by Gasteiger charge is 2.10. The van der Waals surface area contributed by atoms with Crippen LogP contribution in [0.25, 0.3) is 0 Å². The number of Topliss-reactive ketones (excluding diaryl/α,β-unsaturated/α-hetero) is 1. The van der Waals surface area contributed by atoms with Gasteiger partial charge < -0.3 is 0 Å². The maximum Gasteiger partial charge on any atom is 0.167 e. The van der Waals surface area contributed by atoms with E-state index in [2.05, 4.69) is 4.98 Å². The lowest BCUT2D eigenvalue weighted by Gasteiger charge is -2.03. The Morgan fingerprint density at radius 3 is 2.59 bits per heavy atom. The van der Waals surface area contributed by atoms with Gasteiger partial charge in [-0.25, -0.2) is 4.39 Å². The molecule has 0 atom stereocenters. The molecule has 0 aliphatic carbocycles. The molecule has 0 radical (unpaired) electrons. The van der Waals surface area contributed by atoms with Crippen LogP contribution in [0.3, 0.4) is 0 Å². The summed E-state index contributed by atoms with van der Waals surface area (Å²) in [7, 11) is 0. The molecular weight excluding hydrogens is 241 g/mol. The first-order chi connectivity index (χ1) is 8.16. The molecule has 17 heavy (non-hydrogen) atoms. The summed E-state index contributed by atoms with van der Waals surface area (Å²) in [4.78, 5) is 15.6. The minimum absolute atomic E-state index is 0.0208. The largest absolute Gasteiger partial charge is 0.294 e. The Balaban J connectivity index is 2.19. The van der Waals surface area contributed by atoms with Gasteiger partial charge in [0.25, 0.3) is 0 Å². The van der Waals surface area contributed by atoms with Crippen molar-refractivity contribution < 1.29 is 9.18 Å². The van der Waals surface area contributed by atoms with Gasteiger partial charge in [0.05, 0.1) is 0 Å². The van der Waals surface area contributed by atoms with Crippen molar-refractivity contribution in [2.24, 2.45) is 0 Å². The van der Waals surface area contributed by atoms with E-state index in [1.807, 2.05) is 0 Å². The number of nitrogens with zero attached hydrogens (tertiary/aromatic N) is 1. The molecule has 1 heterocycles. The van der Waals surface area contributed by atoms with Crippen molar-refractivity contribution in [1.29, 1.82) is 0 Å². The van der Waals surface area contributed by atoms with Gasteiger partial charge in [-0.3, -0.25) is 9.78 Å². The first-order valence-electron chi connectivity index (χ1n) is 5.04. The van der Waals surface area contributed by atoms with Crippen LogP contribution in [0.1, 0.15) is 15.9 Å². The van der Waals surface area contributed by atoms with Gasteiger partial charge in [-0.1, -0.05) is 17.7 Å². The van der Waals surface area contributed by atoms with Crippen LogP contribution in [0.15, 0.2) is 42.7 Å². The highest BCUT2D eigenvalue weighted by atomic mass is 35.5. The van der Waals surface area contributed by atoms with E-state index in [1.54, 1.807) is 18.2 Å². The smallest absolute Gasteiger partial charge is 0.167 e. The predicted octanol–water partition coefficient (Wildman–Crippen LogP) is 3.30. The lowest BCUT2D eigenvalue weighted by atomic mass is 10.0. The molecule has 0 amide bonds. The summed E-state index contributed by atoms with van der Waals surface area (Å²) < 4.78 is 13.5. The number of halogens is 2. The number of aromatic nitrogens is 1. The van der Waals surface area contributed by atoms with Crippen LogP contribution < -0.4 is 0 Å². The van der Waals surface area contributed by atoms with Crippen molar-refractivity contribution in [2.75, 3.05) is 0 Å². The molecule has 0 fully saturated rings. The molecule has 2 rings (SSSR count). The monoisotopic (exact) mass is 249 g/mol. The summed E-state index contributed by atoms with van der Waals surface area (Å²) in [6.45, 7) is 0. The Kier molecular flexibility index (Phi) is 3.49. The van der Waals surface area contributed by atoms with Crippen molar-refractivity contribution in [1.82, 2.24) is 4.98 Å². The van der Waals surface area contributed by atoms with Gasteiger partial charge in [0, 0.05) is 29.4 Å². The first kappa shape index (κ1) is 11.7. The number of hydrogen-bond acceptors (Lipinski definition) is 2. The third kappa shape index (κ3) is 2.88. The third-order valence-electron chi connectivity index (χ3n) is 2.37. The fraction of sp³-hybridized carbons (Fsp3) is 0.0769. The summed E-state index contributed by atoms with van der Waals surface area (Å²) in [5, 5.41) is 0.322. The number of carbonyl (C=O) groups is 1. The molecule has 0 saturated heterocycles. The number of benzene rings is 1. The molecule has 2 aromatic rings. The van der Waals surface area contributed by atoms with Crippen LogP contribution in [0.2, 0.25) is 5.02 Å². The summed E-state index contributed by atoms with van der Waals surface area (Å²) in [6, 6.07) is 7.51. The zero-order valence-electron chi connectivity index (χ0n) is 8.86. The van der Waals surface area contributed by atoms with Crippen LogP contribution in [0.5, 0.6) is 0 Å². The van der Waals surface area contributed by atoms with E-state index in [0.29, 0.717) is 16.1 Å². The quantitative estimate of drug-likeness (QED) is 0.782. The van der Waals surface area contributed by atoms with E-state index in [0.717, 1.165) is 0 Å². The number of pyridine rings is 1. The molecule has 0 unspecified atom stereocenters. The van der Waals surface area contributed by atoms with Crippen LogP contribution in [0.4, 0.5) is 4.39 Å². The fourth-order valence-corrected chi connectivity index (χ4v) is 1.64. The Labute approximate surface area is 103 Å². The highest BCUT2D eigenvalue weighted by Crippen LogP contribution is 2.16. The molecule has 0 N–H and O–H groups in total. The summed E-state index contributed by atoms with van der Waals surface area (Å²) in [5.41, 5.74) is 0.866. The molecule has 0 aliphatic rings. The highest BCUT2D eigenvalue weighted by molar-refractivity contribution is 6.30. The molecule has 1 aromatic carbocycles. The van der Waals surface area contributed by atoms with Crippen molar-refractivity contribution >= 4 is 17.4 Å². The second-order valence-corrected chi connectivity index (χ2v) is 4.01. The summed E-state index contributed by atoms with van der Waals surface area (Å²) in [6.07, 6.45) is 3.09. The molecule has 0 spiro atoms. The van der Waals surface area contributed by atoms with Crippen molar-refractivity contribution in [2.45, 2.75) is 6.42 Å². The number of ketones is 1. The van der Waals surface area contributed by atoms with Crippen molar-refractivity contribution in [3.05, 3.63) is 64.7 Å². The Bertz CT molecular complexity index is 542. The van der Waals surface area contributed by atoms with Gasteiger partial charge >= 0.3 is 0 Å². The molecule has 2 nitrogen and oxygen atoms in total. The van der Waals surface area contributed by atoms with E-state index < -0.39 is 5.82 Å². The summed E-state index contributed by atoms with van der Waals surface area (Å²) >= 11 is 5.64. The molecule has 4 heteroatoms. The van der Waals surface area contributed by atoms with Gasteiger partial charge in [-0.15, -0.1) is 0 Å². The van der Waals surface area contributed by atoms with Crippen LogP contribution in [-0.2, 0) is 6.42 Å². The predicted molar refractivity (Wildman–Crippen MR) is 63.7 cm³/mol. The molecule has 0 aliphatic heterocycles. The van der Waals surface area contributed by atoms with Gasteiger partial charge in [0.15, 0.2) is 5.78 Å². The number of hydrogen-bond donors (Lipinski definition) is 0. The van der Waals surface area contributed by atoms with Crippen LogP contribution in [0, 0.1) is 5.82 Å². The average Bonchev–Trinajstić information content (AvgIpc) is 2.34. The molecule has 86 valence electrons. The topological polar surface area (TPSA) is 30.0 Å². The lowest BCUT2D eigenvalue weighted by molar-refractivity contribution is 0.0991. The van der Waals surface area contributed by atoms with E-state index >= 15 is 0 Å². The fourth-order valence-electron chi connectivity index (χ4n) is 1.48. The molecular formula is C13H9ClFNO. The number of carbonyl (C=O) groups excluding carboxylic acids is 1. The zero-order chi connectivity index (χ0) is 12.3. The van der Waals surface area contributed by atoms with E-state index in [4.69, 9.17) is 11.6 Å². The second-order valence-electron chi connectivity index (χ2n) is 3.57. The SMILES string of the molecule is O=C(Cc1ccc(Cl)cc1F)c1ccncc1. The average molecular weight is 250 g/mol.